The van der Waals surface area contributed by atoms with Crippen LogP contribution in [-0.4, -0.2) is 71.3 Å². The van der Waals surface area contributed by atoms with Crippen molar-refractivity contribution in [2.75, 3.05) is 13.1 Å². The molecule has 0 aromatic carbocycles. The SMILES string of the molecule is CC(C)(C)OC(=O)N[C@H]1CCCCCCCCC[C@@H](C(=O)C(=O)NCC2CC2)NC(=O)[C@@H]2[C@H]3C=C3CN2C1=O. The minimum Gasteiger partial charge on any atom is -0.444 e. The van der Waals surface area contributed by atoms with Gasteiger partial charge in [0, 0.05) is 19.0 Å². The summed E-state index contributed by atoms with van der Waals surface area (Å²) in [4.78, 5) is 67.0. The highest BCUT2D eigenvalue weighted by Gasteiger charge is 2.51. The number of nitrogens with zero attached hydrogens (tertiary/aromatic N) is 1. The number of carbonyl (C=O) groups is 5. The highest BCUT2D eigenvalue weighted by molar-refractivity contribution is 6.38. The van der Waals surface area contributed by atoms with E-state index in [1.807, 2.05) is 6.08 Å². The summed E-state index contributed by atoms with van der Waals surface area (Å²) in [5, 5.41) is 8.29. The first-order chi connectivity index (χ1) is 18.5. The van der Waals surface area contributed by atoms with E-state index in [9.17, 15) is 24.0 Å². The maximum atomic E-state index is 13.7. The highest BCUT2D eigenvalue weighted by atomic mass is 16.6. The van der Waals surface area contributed by atoms with Gasteiger partial charge >= 0.3 is 6.09 Å². The second-order valence-corrected chi connectivity index (χ2v) is 12.5. The average molecular weight is 545 g/mol. The molecule has 2 aliphatic carbocycles. The Labute approximate surface area is 231 Å². The smallest absolute Gasteiger partial charge is 0.408 e. The average Bonchev–Trinajstić information content (AvgIpc) is 3.80. The van der Waals surface area contributed by atoms with Crippen LogP contribution in [0.4, 0.5) is 4.79 Å². The van der Waals surface area contributed by atoms with E-state index in [4.69, 9.17) is 4.74 Å². The molecule has 4 rings (SSSR count). The zero-order valence-electron chi connectivity index (χ0n) is 23.6. The van der Waals surface area contributed by atoms with Gasteiger partial charge in [-0.15, -0.1) is 0 Å². The Hall–Kier alpha value is -2.91. The Morgan fingerprint density at radius 1 is 0.974 bits per heavy atom. The maximum Gasteiger partial charge on any atom is 0.408 e. The lowest BCUT2D eigenvalue weighted by Crippen LogP contribution is -2.57. The van der Waals surface area contributed by atoms with Crippen LogP contribution in [0.1, 0.15) is 91.4 Å². The summed E-state index contributed by atoms with van der Waals surface area (Å²) >= 11 is 0. The lowest BCUT2D eigenvalue weighted by Gasteiger charge is -2.31. The van der Waals surface area contributed by atoms with E-state index >= 15 is 0 Å². The molecule has 1 saturated carbocycles. The Kier molecular flexibility index (Phi) is 9.33. The van der Waals surface area contributed by atoms with Crippen LogP contribution in [0.2, 0.25) is 0 Å². The van der Waals surface area contributed by atoms with Gasteiger partial charge in [0.25, 0.3) is 5.91 Å². The lowest BCUT2D eigenvalue weighted by molar-refractivity contribution is -0.143. The Morgan fingerprint density at radius 3 is 2.26 bits per heavy atom. The van der Waals surface area contributed by atoms with Crippen molar-refractivity contribution in [3.05, 3.63) is 11.6 Å². The molecule has 0 aromatic heterocycles. The molecule has 0 bridgehead atoms. The first-order valence-electron chi connectivity index (χ1n) is 14.7. The van der Waals surface area contributed by atoms with Crippen molar-refractivity contribution in [1.29, 1.82) is 0 Å². The molecule has 3 fully saturated rings. The summed E-state index contributed by atoms with van der Waals surface area (Å²) in [5.41, 5.74) is 0.294. The van der Waals surface area contributed by atoms with Crippen LogP contribution in [0.5, 0.6) is 0 Å². The van der Waals surface area contributed by atoms with Crippen LogP contribution in [0, 0.1) is 11.8 Å². The molecular formula is C29H44N4O6. The Balaban J connectivity index is 1.49. The lowest BCUT2D eigenvalue weighted by atomic mass is 9.99. The van der Waals surface area contributed by atoms with Gasteiger partial charge in [0.2, 0.25) is 17.6 Å². The van der Waals surface area contributed by atoms with Crippen molar-refractivity contribution >= 4 is 29.6 Å². The number of ether oxygens (including phenoxy) is 1. The number of carbonyl (C=O) groups excluding carboxylic acids is 5. The molecule has 3 N–H and O–H groups in total. The van der Waals surface area contributed by atoms with Crippen molar-refractivity contribution < 1.29 is 28.7 Å². The van der Waals surface area contributed by atoms with Crippen LogP contribution in [-0.2, 0) is 23.9 Å². The second-order valence-electron chi connectivity index (χ2n) is 12.5. The van der Waals surface area contributed by atoms with Crippen LogP contribution < -0.4 is 16.0 Å². The summed E-state index contributed by atoms with van der Waals surface area (Å²) in [6.45, 7) is 6.08. The maximum absolute atomic E-state index is 13.7. The van der Waals surface area contributed by atoms with Crippen LogP contribution in [0.3, 0.4) is 0 Å². The number of hydrogen-bond acceptors (Lipinski definition) is 6. The van der Waals surface area contributed by atoms with Gasteiger partial charge in [0.1, 0.15) is 17.7 Å². The molecule has 39 heavy (non-hydrogen) atoms. The number of amides is 4. The molecular weight excluding hydrogens is 500 g/mol. The molecule has 10 heteroatoms. The first-order valence-corrected chi connectivity index (χ1v) is 14.7. The molecule has 4 aliphatic rings. The number of ketones is 1. The molecule has 2 saturated heterocycles. The zero-order valence-corrected chi connectivity index (χ0v) is 23.6. The number of nitrogens with one attached hydrogen (secondary N) is 3. The first kappa shape index (κ1) is 29.1. The molecule has 0 unspecified atom stereocenters. The monoisotopic (exact) mass is 544 g/mol. The fraction of sp³-hybridized carbons (Fsp3) is 0.759. The topological polar surface area (TPSA) is 134 Å². The molecule has 0 spiro atoms. The van der Waals surface area contributed by atoms with Crippen molar-refractivity contribution in [3.8, 4) is 0 Å². The van der Waals surface area contributed by atoms with Gasteiger partial charge in [-0.05, 0) is 57.9 Å². The quantitative estimate of drug-likeness (QED) is 0.360. The minimum atomic E-state index is -0.931. The zero-order chi connectivity index (χ0) is 28.2. The van der Waals surface area contributed by atoms with E-state index < -0.39 is 47.4 Å². The van der Waals surface area contributed by atoms with Gasteiger partial charge in [-0.1, -0.05) is 51.0 Å². The fourth-order valence-corrected chi connectivity index (χ4v) is 5.46. The van der Waals surface area contributed by atoms with E-state index in [1.54, 1.807) is 20.8 Å². The number of fused-ring (bicyclic) bond motifs is 3. The van der Waals surface area contributed by atoms with Crippen molar-refractivity contribution in [3.63, 3.8) is 0 Å². The third kappa shape index (κ3) is 8.29. The largest absolute Gasteiger partial charge is 0.444 e. The summed E-state index contributed by atoms with van der Waals surface area (Å²) in [5.74, 6) is -1.79. The van der Waals surface area contributed by atoms with E-state index in [0.29, 0.717) is 31.8 Å². The molecule has 4 amide bonds. The summed E-state index contributed by atoms with van der Waals surface area (Å²) in [7, 11) is 0. The summed E-state index contributed by atoms with van der Waals surface area (Å²) < 4.78 is 5.41. The van der Waals surface area contributed by atoms with Gasteiger partial charge in [-0.2, -0.15) is 0 Å². The van der Waals surface area contributed by atoms with Gasteiger partial charge in [0.05, 0.1) is 6.04 Å². The van der Waals surface area contributed by atoms with Gasteiger partial charge in [-0.25, -0.2) is 4.79 Å². The molecule has 216 valence electrons. The van der Waals surface area contributed by atoms with Gasteiger partial charge in [-0.3, -0.25) is 19.2 Å². The highest BCUT2D eigenvalue weighted by Crippen LogP contribution is 2.42. The molecule has 4 atom stereocenters. The molecule has 0 radical (unpaired) electrons. The standard InChI is InChI=1S/C29H44N4O6/c1-29(2,3)39-28(38)32-22-12-10-8-6-4-5-7-9-11-21(24(34)26(36)30-16-18-13-14-18)31-25(35)23-20-15-19(20)17-33(23)27(22)37/h15,18,20-23H,4-14,16-17H2,1-3H3,(H,30,36)(H,31,35)(H,32,38)/t20-,21-,22-,23-/m0/s1. The Bertz CT molecular complexity index is 998. The summed E-state index contributed by atoms with van der Waals surface area (Å²) in [6, 6.07) is -2.54. The molecule has 10 nitrogen and oxygen atoms in total. The number of rotatable bonds is 5. The second kappa shape index (κ2) is 12.5. The number of Topliss-reactive ketones (excluding diaryl/α,β-unsaturated/α-hetero) is 1. The molecule has 2 heterocycles. The van der Waals surface area contributed by atoms with Crippen LogP contribution in [0.15, 0.2) is 11.6 Å². The van der Waals surface area contributed by atoms with Gasteiger partial charge < -0.3 is 25.6 Å². The van der Waals surface area contributed by atoms with Crippen molar-refractivity contribution in [2.24, 2.45) is 11.8 Å². The third-order valence-electron chi connectivity index (χ3n) is 7.87. The van der Waals surface area contributed by atoms with E-state index in [0.717, 1.165) is 63.4 Å². The van der Waals surface area contributed by atoms with Crippen LogP contribution >= 0.6 is 0 Å². The normalized spacial score (nSPS) is 28.4. The van der Waals surface area contributed by atoms with Crippen LogP contribution in [0.25, 0.3) is 0 Å². The van der Waals surface area contributed by atoms with E-state index in [1.165, 1.54) is 4.90 Å². The minimum absolute atomic E-state index is 0.172. The van der Waals surface area contributed by atoms with E-state index in [-0.39, 0.29) is 11.8 Å². The predicted octanol–water partition coefficient (Wildman–Crippen LogP) is 2.75. The van der Waals surface area contributed by atoms with Gasteiger partial charge in [0.15, 0.2) is 0 Å². The van der Waals surface area contributed by atoms with Crippen molar-refractivity contribution in [2.45, 2.75) is 115 Å². The molecule has 0 aromatic rings. The third-order valence-corrected chi connectivity index (χ3v) is 7.87. The Morgan fingerprint density at radius 2 is 1.62 bits per heavy atom. The number of hydrogen-bond donors (Lipinski definition) is 3. The predicted molar refractivity (Wildman–Crippen MR) is 144 cm³/mol. The number of alkyl carbamates (subject to hydrolysis) is 1. The fourth-order valence-electron chi connectivity index (χ4n) is 5.46. The van der Waals surface area contributed by atoms with Crippen molar-refractivity contribution in [1.82, 2.24) is 20.9 Å². The van der Waals surface area contributed by atoms with E-state index in [2.05, 4.69) is 16.0 Å². The molecule has 2 aliphatic heterocycles. The summed E-state index contributed by atoms with van der Waals surface area (Å²) in [6.07, 6.45) is 10.6.